The Labute approximate surface area is 175 Å². The van der Waals surface area contributed by atoms with Crippen molar-refractivity contribution < 1.29 is 0 Å². The fourth-order valence-corrected chi connectivity index (χ4v) is 3.99. The second-order valence-electron chi connectivity index (χ2n) is 7.35. The molecule has 2 aromatic heterocycles. The molecule has 144 valence electrons. The number of fused-ring (bicyclic) bond motifs is 3. The van der Waals surface area contributed by atoms with Crippen LogP contribution in [0.4, 0.5) is 11.5 Å². The van der Waals surface area contributed by atoms with Gasteiger partial charge in [0.2, 0.25) is 0 Å². The molecule has 5 rings (SSSR count). The topological polar surface area (TPSA) is 53.1 Å². The molecule has 2 heterocycles. The molecule has 0 aliphatic rings. The molecule has 0 saturated carbocycles. The molecule has 0 bridgehead atoms. The van der Waals surface area contributed by atoms with Gasteiger partial charge in [0, 0.05) is 17.7 Å². The zero-order chi connectivity index (χ0) is 20.5. The number of benzene rings is 3. The number of nitrogens with zero attached hydrogens (tertiary/aromatic N) is 3. The number of para-hydroxylation sites is 3. The molecule has 3 aromatic carbocycles. The summed E-state index contributed by atoms with van der Waals surface area (Å²) in [6, 6.07) is 30.9. The van der Waals surface area contributed by atoms with Gasteiger partial charge in [-0.25, -0.2) is 4.98 Å². The average molecular weight is 388 g/mol. The summed E-state index contributed by atoms with van der Waals surface area (Å²) in [4.78, 5) is 4.80. The molecule has 0 atom stereocenters. The zero-order valence-corrected chi connectivity index (χ0v) is 16.6. The Morgan fingerprint density at radius 3 is 2.30 bits per heavy atom. The highest BCUT2D eigenvalue weighted by Crippen LogP contribution is 2.34. The second-order valence-corrected chi connectivity index (χ2v) is 7.35. The number of aromatic nitrogens is 2. The maximum Gasteiger partial charge on any atom is 0.157 e. The maximum absolute atomic E-state index is 9.99. The lowest BCUT2D eigenvalue weighted by molar-refractivity contribution is 1.08. The van der Waals surface area contributed by atoms with E-state index < -0.39 is 0 Å². The van der Waals surface area contributed by atoms with Crippen molar-refractivity contribution >= 4 is 28.2 Å². The van der Waals surface area contributed by atoms with Gasteiger partial charge in [0.25, 0.3) is 0 Å². The number of hydrogen-bond acceptors (Lipinski definition) is 3. The molecular weight excluding hydrogens is 368 g/mol. The van der Waals surface area contributed by atoms with Crippen LogP contribution in [0.3, 0.4) is 0 Å². The summed E-state index contributed by atoms with van der Waals surface area (Å²) in [5.74, 6) is 0.949. The summed E-state index contributed by atoms with van der Waals surface area (Å²) in [7, 11) is 0. The van der Waals surface area contributed by atoms with Crippen molar-refractivity contribution in [2.24, 2.45) is 0 Å². The third-order valence-corrected chi connectivity index (χ3v) is 5.49. The Bertz CT molecular complexity index is 1390. The molecule has 1 N–H and O–H groups in total. The molecule has 0 saturated heterocycles. The van der Waals surface area contributed by atoms with Crippen molar-refractivity contribution in [3.8, 4) is 6.07 Å². The number of hydrogen-bond donors (Lipinski definition) is 1. The SMILES string of the molecule is Cc1c(Cc2ccccc2)c(Nc2ccccc2)n2c(nc3ccccc32)c1C#N. The number of rotatable bonds is 4. The van der Waals surface area contributed by atoms with Gasteiger partial charge in [0.15, 0.2) is 5.65 Å². The van der Waals surface area contributed by atoms with Crippen molar-refractivity contribution in [1.82, 2.24) is 9.38 Å². The van der Waals surface area contributed by atoms with Gasteiger partial charge in [-0.2, -0.15) is 5.26 Å². The summed E-state index contributed by atoms with van der Waals surface area (Å²) in [6.07, 6.45) is 0.721. The van der Waals surface area contributed by atoms with Gasteiger partial charge < -0.3 is 5.32 Å². The van der Waals surface area contributed by atoms with Crippen LogP contribution in [0, 0.1) is 18.3 Å². The Balaban J connectivity index is 1.85. The van der Waals surface area contributed by atoms with E-state index in [1.807, 2.05) is 79.7 Å². The number of imidazole rings is 1. The zero-order valence-electron chi connectivity index (χ0n) is 16.6. The first-order valence-electron chi connectivity index (χ1n) is 9.95. The van der Waals surface area contributed by atoms with Crippen LogP contribution in [0.25, 0.3) is 16.7 Å². The van der Waals surface area contributed by atoms with E-state index in [1.165, 1.54) is 5.56 Å². The van der Waals surface area contributed by atoms with Crippen LogP contribution in [0.15, 0.2) is 84.9 Å². The Hall–Kier alpha value is -4.10. The molecule has 4 heteroatoms. The lowest BCUT2D eigenvalue weighted by Crippen LogP contribution is -2.09. The van der Waals surface area contributed by atoms with E-state index >= 15 is 0 Å². The minimum atomic E-state index is 0.621. The van der Waals surface area contributed by atoms with Gasteiger partial charge >= 0.3 is 0 Å². The van der Waals surface area contributed by atoms with E-state index in [0.29, 0.717) is 11.2 Å². The summed E-state index contributed by atoms with van der Waals surface area (Å²) >= 11 is 0. The number of pyridine rings is 1. The van der Waals surface area contributed by atoms with E-state index in [-0.39, 0.29) is 0 Å². The van der Waals surface area contributed by atoms with Gasteiger partial charge in [0.05, 0.1) is 16.6 Å². The molecule has 0 amide bonds. The molecule has 4 nitrogen and oxygen atoms in total. The highest BCUT2D eigenvalue weighted by Gasteiger charge is 2.21. The monoisotopic (exact) mass is 388 g/mol. The molecule has 0 spiro atoms. The van der Waals surface area contributed by atoms with Crippen LogP contribution in [-0.4, -0.2) is 9.38 Å². The minimum absolute atomic E-state index is 0.621. The molecular formula is C26H20N4. The van der Waals surface area contributed by atoms with Crippen molar-refractivity contribution in [1.29, 1.82) is 5.26 Å². The molecule has 0 unspecified atom stereocenters. The fraction of sp³-hybridized carbons (Fsp3) is 0.0769. The third-order valence-electron chi connectivity index (χ3n) is 5.49. The predicted octanol–water partition coefficient (Wildman–Crippen LogP) is 6.00. The van der Waals surface area contributed by atoms with Gasteiger partial charge in [-0.1, -0.05) is 60.7 Å². The average Bonchev–Trinajstić information content (AvgIpc) is 3.17. The van der Waals surface area contributed by atoms with E-state index in [4.69, 9.17) is 4.98 Å². The number of nitrogens with one attached hydrogen (secondary N) is 1. The normalized spacial score (nSPS) is 10.9. The first-order valence-corrected chi connectivity index (χ1v) is 9.95. The van der Waals surface area contributed by atoms with Crippen LogP contribution in [0.1, 0.15) is 22.3 Å². The van der Waals surface area contributed by atoms with Crippen molar-refractivity contribution in [3.05, 3.63) is 107 Å². The molecule has 5 aromatic rings. The summed E-state index contributed by atoms with van der Waals surface area (Å²) in [5.41, 5.74) is 7.42. The molecule has 0 aliphatic carbocycles. The second kappa shape index (κ2) is 7.38. The van der Waals surface area contributed by atoms with E-state index in [0.717, 1.165) is 40.1 Å². The van der Waals surface area contributed by atoms with Gasteiger partial charge in [-0.3, -0.25) is 4.40 Å². The Morgan fingerprint density at radius 2 is 1.57 bits per heavy atom. The van der Waals surface area contributed by atoms with Crippen LogP contribution in [0.5, 0.6) is 0 Å². The minimum Gasteiger partial charge on any atom is -0.341 e. The Morgan fingerprint density at radius 1 is 0.900 bits per heavy atom. The van der Waals surface area contributed by atoms with Crippen molar-refractivity contribution in [2.45, 2.75) is 13.3 Å². The molecule has 30 heavy (non-hydrogen) atoms. The number of nitriles is 1. The van der Waals surface area contributed by atoms with E-state index in [1.54, 1.807) is 0 Å². The maximum atomic E-state index is 9.99. The van der Waals surface area contributed by atoms with Crippen LogP contribution in [-0.2, 0) is 6.42 Å². The lowest BCUT2D eigenvalue weighted by atomic mass is 9.97. The predicted molar refractivity (Wildman–Crippen MR) is 121 cm³/mol. The Kier molecular flexibility index (Phi) is 4.42. The van der Waals surface area contributed by atoms with E-state index in [2.05, 4.69) is 27.9 Å². The smallest absolute Gasteiger partial charge is 0.157 e. The first-order chi connectivity index (χ1) is 14.8. The van der Waals surface area contributed by atoms with Gasteiger partial charge in [0.1, 0.15) is 11.9 Å². The molecule has 0 fully saturated rings. The quantitative estimate of drug-likeness (QED) is 0.411. The highest BCUT2D eigenvalue weighted by molar-refractivity contribution is 5.87. The van der Waals surface area contributed by atoms with E-state index in [9.17, 15) is 5.26 Å². The molecule has 0 aliphatic heterocycles. The summed E-state index contributed by atoms with van der Waals surface area (Å²) < 4.78 is 2.09. The van der Waals surface area contributed by atoms with Crippen LogP contribution >= 0.6 is 0 Å². The van der Waals surface area contributed by atoms with Crippen LogP contribution < -0.4 is 5.32 Å². The standard InChI is InChI=1S/C26H20N4/c1-18-21(16-19-10-4-2-5-11-19)25(28-20-12-6-3-7-13-20)30-24-15-9-8-14-23(24)29-26(30)22(18)17-27/h2-15,28H,16H2,1H3. The van der Waals surface area contributed by atoms with Gasteiger partial charge in [-0.05, 0) is 42.3 Å². The first kappa shape index (κ1) is 18.0. The van der Waals surface area contributed by atoms with Crippen molar-refractivity contribution in [2.75, 3.05) is 5.32 Å². The summed E-state index contributed by atoms with van der Waals surface area (Å²) in [5, 5.41) is 13.6. The summed E-state index contributed by atoms with van der Waals surface area (Å²) in [6.45, 7) is 2.02. The number of anilines is 2. The largest absolute Gasteiger partial charge is 0.341 e. The fourth-order valence-electron chi connectivity index (χ4n) is 3.99. The molecule has 0 radical (unpaired) electrons. The van der Waals surface area contributed by atoms with Crippen molar-refractivity contribution in [3.63, 3.8) is 0 Å². The lowest BCUT2D eigenvalue weighted by Gasteiger charge is -2.19. The highest BCUT2D eigenvalue weighted by atomic mass is 15.1. The van der Waals surface area contributed by atoms with Gasteiger partial charge in [-0.15, -0.1) is 0 Å². The van der Waals surface area contributed by atoms with Crippen LogP contribution in [0.2, 0.25) is 0 Å². The third kappa shape index (κ3) is 2.98.